The number of benzene rings is 1. The maximum atomic E-state index is 3.80. The normalized spacial score (nSPS) is 16.8. The van der Waals surface area contributed by atoms with Crippen LogP contribution in [0, 0.1) is 0 Å². The van der Waals surface area contributed by atoms with E-state index in [1.807, 2.05) is 0 Å². The third-order valence-electron chi connectivity index (χ3n) is 3.31. The summed E-state index contributed by atoms with van der Waals surface area (Å²) in [7, 11) is 2.18. The number of aromatic amines is 1. The topological polar surface area (TPSA) is 48.1 Å². The highest BCUT2D eigenvalue weighted by atomic mass is 32.2. The number of nitrogens with zero attached hydrogens (tertiary/aromatic N) is 4. The summed E-state index contributed by atoms with van der Waals surface area (Å²) in [6.45, 7) is 4.44. The van der Waals surface area contributed by atoms with E-state index in [0.717, 1.165) is 31.2 Å². The van der Waals surface area contributed by atoms with Crippen LogP contribution in [0.15, 0.2) is 40.4 Å². The lowest BCUT2D eigenvalue weighted by atomic mass is 10.2. The summed E-state index contributed by atoms with van der Waals surface area (Å²) in [6, 6.07) is 8.64. The second-order valence-corrected chi connectivity index (χ2v) is 5.83. The fraction of sp³-hybridized carbons (Fsp3) is 0.385. The lowest BCUT2D eigenvalue weighted by Crippen LogP contribution is -2.44. The van der Waals surface area contributed by atoms with Crippen LogP contribution >= 0.6 is 11.8 Å². The molecule has 0 amide bonds. The molecule has 1 fully saturated rings. The van der Waals surface area contributed by atoms with Gasteiger partial charge in [-0.2, -0.15) is 0 Å². The highest BCUT2D eigenvalue weighted by molar-refractivity contribution is 7.99. The van der Waals surface area contributed by atoms with Crippen LogP contribution < -0.4 is 4.90 Å². The third-order valence-corrected chi connectivity index (χ3v) is 4.21. The van der Waals surface area contributed by atoms with E-state index >= 15 is 0 Å². The molecule has 0 spiro atoms. The second-order valence-electron chi connectivity index (χ2n) is 4.71. The van der Waals surface area contributed by atoms with E-state index in [1.54, 1.807) is 18.0 Å². The van der Waals surface area contributed by atoms with Crippen molar-refractivity contribution < 1.29 is 0 Å². The molecule has 0 saturated carbocycles. The van der Waals surface area contributed by atoms with Crippen molar-refractivity contribution >= 4 is 17.4 Å². The smallest absolute Gasteiger partial charge is 0.116 e. The molecule has 2 aromatic rings. The summed E-state index contributed by atoms with van der Waals surface area (Å²) in [5, 5.41) is 11.4. The predicted molar refractivity (Wildman–Crippen MR) is 76.7 cm³/mol. The number of piperazine rings is 1. The Morgan fingerprint density at radius 3 is 2.79 bits per heavy atom. The summed E-state index contributed by atoms with van der Waals surface area (Å²) in [5.74, 6) is 0. The molecule has 0 bridgehead atoms. The van der Waals surface area contributed by atoms with Gasteiger partial charge in [0.05, 0.1) is 6.20 Å². The Kier molecular flexibility index (Phi) is 3.70. The van der Waals surface area contributed by atoms with Gasteiger partial charge in [-0.1, -0.05) is 23.0 Å². The molecule has 1 aromatic carbocycles. The molecule has 3 rings (SSSR count). The molecule has 19 heavy (non-hydrogen) atoms. The van der Waals surface area contributed by atoms with Gasteiger partial charge >= 0.3 is 0 Å². The van der Waals surface area contributed by atoms with Crippen molar-refractivity contribution in [1.82, 2.24) is 20.3 Å². The van der Waals surface area contributed by atoms with E-state index in [9.17, 15) is 0 Å². The van der Waals surface area contributed by atoms with Gasteiger partial charge in [-0.15, -0.1) is 5.10 Å². The number of hydrogen-bond acceptors (Lipinski definition) is 5. The van der Waals surface area contributed by atoms with Crippen molar-refractivity contribution in [2.24, 2.45) is 0 Å². The molecule has 1 saturated heterocycles. The zero-order valence-corrected chi connectivity index (χ0v) is 11.7. The average Bonchev–Trinajstić information content (AvgIpc) is 2.93. The van der Waals surface area contributed by atoms with Crippen molar-refractivity contribution in [2.75, 3.05) is 38.1 Å². The van der Waals surface area contributed by atoms with Gasteiger partial charge in [0.1, 0.15) is 5.03 Å². The second kappa shape index (κ2) is 5.63. The van der Waals surface area contributed by atoms with Gasteiger partial charge in [-0.25, -0.2) is 0 Å². The highest BCUT2D eigenvalue weighted by Crippen LogP contribution is 2.28. The van der Waals surface area contributed by atoms with E-state index in [2.05, 4.69) is 56.5 Å². The molecule has 1 aliphatic rings. The third kappa shape index (κ3) is 3.08. The predicted octanol–water partition coefficient (Wildman–Crippen LogP) is 1.71. The molecule has 100 valence electrons. The quantitative estimate of drug-likeness (QED) is 0.924. The number of H-pyrrole nitrogens is 1. The molecule has 0 atom stereocenters. The number of hydrogen-bond donors (Lipinski definition) is 1. The molecule has 0 radical (unpaired) electrons. The van der Waals surface area contributed by atoms with Crippen molar-refractivity contribution in [1.29, 1.82) is 0 Å². The molecule has 2 heterocycles. The van der Waals surface area contributed by atoms with E-state index < -0.39 is 0 Å². The Bertz CT molecular complexity index is 520. The Balaban J connectivity index is 1.72. The maximum Gasteiger partial charge on any atom is 0.116 e. The van der Waals surface area contributed by atoms with Crippen LogP contribution in [0.4, 0.5) is 5.69 Å². The summed E-state index contributed by atoms with van der Waals surface area (Å²) >= 11 is 1.66. The standard InChI is InChI=1S/C13H17N5S/c1-17-5-7-18(8-6-17)11-3-2-4-12(9-11)19-13-10-14-16-15-13/h2-4,9-10H,5-8H2,1H3,(H,14,15,16). The van der Waals surface area contributed by atoms with Gasteiger partial charge < -0.3 is 9.80 Å². The lowest BCUT2D eigenvalue weighted by Gasteiger charge is -2.34. The molecule has 0 aliphatic carbocycles. The first-order valence-electron chi connectivity index (χ1n) is 6.39. The number of aromatic nitrogens is 3. The average molecular weight is 275 g/mol. The first-order valence-corrected chi connectivity index (χ1v) is 7.20. The van der Waals surface area contributed by atoms with Crippen LogP contribution in [-0.4, -0.2) is 53.5 Å². The first kappa shape index (κ1) is 12.5. The van der Waals surface area contributed by atoms with Crippen molar-refractivity contribution in [2.45, 2.75) is 9.92 Å². The largest absolute Gasteiger partial charge is 0.369 e. The Morgan fingerprint density at radius 1 is 1.21 bits per heavy atom. The van der Waals surface area contributed by atoms with E-state index in [4.69, 9.17) is 0 Å². The fourth-order valence-corrected chi connectivity index (χ4v) is 2.94. The maximum absolute atomic E-state index is 3.80. The van der Waals surface area contributed by atoms with Gasteiger partial charge in [0.25, 0.3) is 0 Å². The minimum absolute atomic E-state index is 0.968. The van der Waals surface area contributed by atoms with Gasteiger partial charge in [0, 0.05) is 36.8 Å². The number of nitrogens with one attached hydrogen (secondary N) is 1. The summed E-state index contributed by atoms with van der Waals surface area (Å²) in [6.07, 6.45) is 1.74. The summed E-state index contributed by atoms with van der Waals surface area (Å²) < 4.78 is 0. The minimum Gasteiger partial charge on any atom is -0.369 e. The zero-order valence-electron chi connectivity index (χ0n) is 10.9. The molecule has 5 nitrogen and oxygen atoms in total. The van der Waals surface area contributed by atoms with E-state index in [0.29, 0.717) is 0 Å². The van der Waals surface area contributed by atoms with Crippen molar-refractivity contribution in [3.05, 3.63) is 30.5 Å². The number of rotatable bonds is 3. The van der Waals surface area contributed by atoms with Gasteiger partial charge in [0.2, 0.25) is 0 Å². The van der Waals surface area contributed by atoms with E-state index in [1.165, 1.54) is 10.6 Å². The molecule has 1 aromatic heterocycles. The molecular formula is C13H17N5S. The van der Waals surface area contributed by atoms with Crippen molar-refractivity contribution in [3.8, 4) is 0 Å². The van der Waals surface area contributed by atoms with E-state index in [-0.39, 0.29) is 0 Å². The summed E-state index contributed by atoms with van der Waals surface area (Å²) in [5.41, 5.74) is 1.30. The Labute approximate surface area is 117 Å². The SMILES string of the molecule is CN1CCN(c2cccc(Sc3cnn[nH]3)c2)CC1. The molecule has 0 unspecified atom stereocenters. The van der Waals surface area contributed by atoms with Gasteiger partial charge in [-0.05, 0) is 25.2 Å². The van der Waals surface area contributed by atoms with Crippen LogP contribution in [0.2, 0.25) is 0 Å². The lowest BCUT2D eigenvalue weighted by molar-refractivity contribution is 0.313. The van der Waals surface area contributed by atoms with Gasteiger partial charge in [0.15, 0.2) is 0 Å². The first-order chi connectivity index (χ1) is 9.31. The van der Waals surface area contributed by atoms with Crippen molar-refractivity contribution in [3.63, 3.8) is 0 Å². The minimum atomic E-state index is 0.968. The van der Waals surface area contributed by atoms with Crippen LogP contribution in [0.5, 0.6) is 0 Å². The zero-order chi connectivity index (χ0) is 13.1. The molecular weight excluding hydrogens is 258 g/mol. The van der Waals surface area contributed by atoms with Crippen LogP contribution in [-0.2, 0) is 0 Å². The summed E-state index contributed by atoms with van der Waals surface area (Å²) in [4.78, 5) is 6.02. The molecule has 1 aliphatic heterocycles. The monoisotopic (exact) mass is 275 g/mol. The Hall–Kier alpha value is -1.53. The highest BCUT2D eigenvalue weighted by Gasteiger charge is 2.14. The molecule has 1 N–H and O–H groups in total. The molecule has 6 heteroatoms. The van der Waals surface area contributed by atoms with Gasteiger partial charge in [-0.3, -0.25) is 5.10 Å². The fourth-order valence-electron chi connectivity index (χ4n) is 2.17. The Morgan fingerprint density at radius 2 is 2.05 bits per heavy atom. The van der Waals surface area contributed by atoms with Crippen LogP contribution in [0.25, 0.3) is 0 Å². The van der Waals surface area contributed by atoms with Crippen LogP contribution in [0.3, 0.4) is 0 Å². The number of anilines is 1. The van der Waals surface area contributed by atoms with Crippen LogP contribution in [0.1, 0.15) is 0 Å². The number of likely N-dealkylation sites (N-methyl/N-ethyl adjacent to an activating group) is 1.